The van der Waals surface area contributed by atoms with E-state index in [2.05, 4.69) is 69.3 Å². The zero-order valence-corrected chi connectivity index (χ0v) is 16.3. The third-order valence-electron chi connectivity index (χ3n) is 2.87. The third-order valence-corrected chi connectivity index (χ3v) is 2.87. The van der Waals surface area contributed by atoms with Gasteiger partial charge in [0.05, 0.1) is 0 Å². The summed E-state index contributed by atoms with van der Waals surface area (Å²) in [6, 6.07) is 17.0. The summed E-state index contributed by atoms with van der Waals surface area (Å²) in [4.78, 5) is 0. The molecule has 0 atom stereocenters. The van der Waals surface area contributed by atoms with E-state index in [1.165, 1.54) is 28.7 Å². The molecule has 1 nitrogen and oxygen atoms in total. The van der Waals surface area contributed by atoms with Crippen molar-refractivity contribution in [3.8, 4) is 11.1 Å². The van der Waals surface area contributed by atoms with Gasteiger partial charge in [-0.15, -0.1) is 0 Å². The second-order valence-electron chi connectivity index (χ2n) is 4.62. The molecule has 1 heteroatoms. The highest BCUT2D eigenvalue weighted by molar-refractivity contribution is 5.67. The van der Waals surface area contributed by atoms with Gasteiger partial charge in [0.25, 0.3) is 0 Å². The maximum Gasteiger partial charge on any atom is 0.0178 e. The lowest BCUT2D eigenvalue weighted by Crippen LogP contribution is -1.96. The molecular formula is C22H37N. The second kappa shape index (κ2) is 16.8. The Bertz CT molecular complexity index is 489. The summed E-state index contributed by atoms with van der Waals surface area (Å²) in [5.41, 5.74) is 10.8. The van der Waals surface area contributed by atoms with Crippen LogP contribution in [-0.2, 0) is 13.0 Å². The van der Waals surface area contributed by atoms with Crippen molar-refractivity contribution < 1.29 is 0 Å². The molecule has 0 saturated carbocycles. The van der Waals surface area contributed by atoms with Crippen LogP contribution in [0.3, 0.4) is 0 Å². The SMILES string of the molecule is CC.CC.CCC.CCc1ccccc1-c1cccc(CN)c1. The van der Waals surface area contributed by atoms with Gasteiger partial charge in [-0.05, 0) is 34.7 Å². The van der Waals surface area contributed by atoms with Crippen molar-refractivity contribution in [1.29, 1.82) is 0 Å². The van der Waals surface area contributed by atoms with Gasteiger partial charge in [-0.25, -0.2) is 0 Å². The molecule has 2 aromatic carbocycles. The minimum absolute atomic E-state index is 0.599. The topological polar surface area (TPSA) is 26.0 Å². The van der Waals surface area contributed by atoms with Crippen molar-refractivity contribution in [3.63, 3.8) is 0 Å². The van der Waals surface area contributed by atoms with E-state index in [4.69, 9.17) is 5.73 Å². The molecule has 0 radical (unpaired) electrons. The van der Waals surface area contributed by atoms with E-state index in [1.807, 2.05) is 27.7 Å². The van der Waals surface area contributed by atoms with Crippen LogP contribution in [0.2, 0.25) is 0 Å². The number of benzene rings is 2. The van der Waals surface area contributed by atoms with Crippen molar-refractivity contribution in [1.82, 2.24) is 0 Å². The van der Waals surface area contributed by atoms with Gasteiger partial charge >= 0.3 is 0 Å². The van der Waals surface area contributed by atoms with Gasteiger partial charge in [0.15, 0.2) is 0 Å². The lowest BCUT2D eigenvalue weighted by molar-refractivity contribution is 1.07. The van der Waals surface area contributed by atoms with Crippen molar-refractivity contribution >= 4 is 0 Å². The average Bonchev–Trinajstić information content (AvgIpc) is 2.65. The van der Waals surface area contributed by atoms with E-state index in [-0.39, 0.29) is 0 Å². The van der Waals surface area contributed by atoms with E-state index in [0.717, 1.165) is 6.42 Å². The molecule has 0 aliphatic heterocycles. The van der Waals surface area contributed by atoms with E-state index in [9.17, 15) is 0 Å². The number of hydrogen-bond acceptors (Lipinski definition) is 1. The van der Waals surface area contributed by atoms with E-state index in [0.29, 0.717) is 6.54 Å². The van der Waals surface area contributed by atoms with Crippen LogP contribution >= 0.6 is 0 Å². The zero-order chi connectivity index (χ0) is 18.1. The number of aryl methyl sites for hydroxylation is 1. The third kappa shape index (κ3) is 9.20. The lowest BCUT2D eigenvalue weighted by Gasteiger charge is -2.08. The molecule has 130 valence electrons. The largest absolute Gasteiger partial charge is 0.326 e. The van der Waals surface area contributed by atoms with Crippen LogP contribution in [-0.4, -0.2) is 0 Å². The first-order chi connectivity index (χ1) is 11.3. The van der Waals surface area contributed by atoms with E-state index >= 15 is 0 Å². The monoisotopic (exact) mass is 315 g/mol. The Morgan fingerprint density at radius 2 is 1.35 bits per heavy atom. The molecule has 0 fully saturated rings. The first-order valence-corrected chi connectivity index (χ1v) is 9.14. The van der Waals surface area contributed by atoms with Crippen LogP contribution in [0.4, 0.5) is 0 Å². The molecule has 0 aliphatic rings. The quantitative estimate of drug-likeness (QED) is 0.659. The van der Waals surface area contributed by atoms with Gasteiger partial charge in [-0.3, -0.25) is 0 Å². The fourth-order valence-electron chi connectivity index (χ4n) is 1.98. The van der Waals surface area contributed by atoms with Crippen molar-refractivity contribution in [3.05, 3.63) is 59.7 Å². The van der Waals surface area contributed by atoms with Crippen LogP contribution in [0.15, 0.2) is 48.5 Å². The van der Waals surface area contributed by atoms with Gasteiger partial charge in [0, 0.05) is 6.54 Å². The molecule has 0 aromatic heterocycles. The van der Waals surface area contributed by atoms with Crippen molar-refractivity contribution in [2.45, 2.75) is 67.9 Å². The molecule has 0 amide bonds. The first kappa shape index (κ1) is 23.7. The summed E-state index contributed by atoms with van der Waals surface area (Å²) >= 11 is 0. The highest BCUT2D eigenvalue weighted by atomic mass is 14.5. The van der Waals surface area contributed by atoms with E-state index in [1.54, 1.807) is 0 Å². The molecule has 2 rings (SSSR count). The van der Waals surface area contributed by atoms with Gasteiger partial charge < -0.3 is 5.73 Å². The molecule has 0 unspecified atom stereocenters. The van der Waals surface area contributed by atoms with Gasteiger partial charge in [0.2, 0.25) is 0 Å². The molecule has 0 saturated heterocycles. The maximum atomic E-state index is 5.67. The fourth-order valence-corrected chi connectivity index (χ4v) is 1.98. The molecule has 23 heavy (non-hydrogen) atoms. The summed E-state index contributed by atoms with van der Waals surface area (Å²) in [5.74, 6) is 0. The highest BCUT2D eigenvalue weighted by Crippen LogP contribution is 2.24. The van der Waals surface area contributed by atoms with Crippen molar-refractivity contribution in [2.75, 3.05) is 0 Å². The van der Waals surface area contributed by atoms with Gasteiger partial charge in [-0.2, -0.15) is 0 Å². The average molecular weight is 316 g/mol. The number of hydrogen-bond donors (Lipinski definition) is 1. The van der Waals surface area contributed by atoms with Gasteiger partial charge in [0.1, 0.15) is 0 Å². The van der Waals surface area contributed by atoms with Crippen LogP contribution in [0, 0.1) is 0 Å². The Morgan fingerprint density at radius 3 is 1.87 bits per heavy atom. The summed E-state index contributed by atoms with van der Waals surface area (Å²) < 4.78 is 0. The Morgan fingerprint density at radius 1 is 0.783 bits per heavy atom. The Balaban J connectivity index is 0. The summed E-state index contributed by atoms with van der Waals surface area (Å²) in [5, 5.41) is 0. The maximum absolute atomic E-state index is 5.67. The molecule has 2 N–H and O–H groups in total. The summed E-state index contributed by atoms with van der Waals surface area (Å²) in [6.45, 7) is 15.0. The van der Waals surface area contributed by atoms with Crippen molar-refractivity contribution in [2.24, 2.45) is 5.73 Å². The summed E-state index contributed by atoms with van der Waals surface area (Å²) in [7, 11) is 0. The molecule has 2 aromatic rings. The van der Waals surface area contributed by atoms with E-state index < -0.39 is 0 Å². The summed E-state index contributed by atoms with van der Waals surface area (Å²) in [6.07, 6.45) is 2.31. The molecule has 0 bridgehead atoms. The van der Waals surface area contributed by atoms with Crippen LogP contribution in [0.25, 0.3) is 11.1 Å². The first-order valence-electron chi connectivity index (χ1n) is 9.14. The Kier molecular flexibility index (Phi) is 17.2. The molecular weight excluding hydrogens is 278 g/mol. The molecule has 0 aliphatic carbocycles. The minimum Gasteiger partial charge on any atom is -0.326 e. The van der Waals surface area contributed by atoms with Crippen LogP contribution in [0.1, 0.15) is 66.0 Å². The Hall–Kier alpha value is -1.60. The van der Waals surface area contributed by atoms with Gasteiger partial charge in [-0.1, -0.05) is 97.4 Å². The lowest BCUT2D eigenvalue weighted by atomic mass is 9.97. The molecule has 0 spiro atoms. The Labute approximate surface area is 144 Å². The smallest absolute Gasteiger partial charge is 0.0178 e. The molecule has 0 heterocycles. The second-order valence-corrected chi connectivity index (χ2v) is 4.62. The normalized spacial score (nSPS) is 8.52. The standard InChI is InChI=1S/C15H17N.C3H8.2C2H6/c1-2-13-7-3-4-9-15(13)14-8-5-6-12(10-14)11-16;1-3-2;2*1-2/h3-10H,2,11,16H2,1H3;3H2,1-2H3;2*1-2H3. The van der Waals surface area contributed by atoms with Crippen LogP contribution < -0.4 is 5.73 Å². The predicted octanol–water partition coefficient (Wildman–Crippen LogP) is 6.84. The predicted molar refractivity (Wildman–Crippen MR) is 108 cm³/mol. The number of rotatable bonds is 3. The minimum atomic E-state index is 0.599. The highest BCUT2D eigenvalue weighted by Gasteiger charge is 2.02. The zero-order valence-electron chi connectivity index (χ0n) is 16.3. The van der Waals surface area contributed by atoms with Crippen LogP contribution in [0.5, 0.6) is 0 Å². The fraction of sp³-hybridized carbons (Fsp3) is 0.455. The number of nitrogens with two attached hydrogens (primary N) is 1.